The lowest BCUT2D eigenvalue weighted by Crippen LogP contribution is -2.62. The van der Waals surface area contributed by atoms with E-state index in [0.717, 1.165) is 6.92 Å². The molecule has 0 bridgehead atoms. The van der Waals surface area contributed by atoms with Crippen LogP contribution in [0.4, 0.5) is 0 Å². The number of hydrogen-bond acceptors (Lipinski definition) is 28. The van der Waals surface area contributed by atoms with Crippen molar-refractivity contribution in [2.24, 2.45) is 63.6 Å². The van der Waals surface area contributed by atoms with E-state index in [1.165, 1.54) is 43.0 Å². The summed E-state index contributed by atoms with van der Waals surface area (Å²) in [5.41, 5.74) is 49.6. The maximum absolute atomic E-state index is 14.8. The van der Waals surface area contributed by atoms with Gasteiger partial charge in [0.2, 0.25) is 88.6 Å². The summed E-state index contributed by atoms with van der Waals surface area (Å²) in [7, 11) is 0. The Hall–Kier alpha value is -8.48. The van der Waals surface area contributed by atoms with Gasteiger partial charge in [-0.2, -0.15) is 23.5 Å². The van der Waals surface area contributed by atoms with Crippen molar-refractivity contribution in [1.82, 2.24) is 95.0 Å². The van der Waals surface area contributed by atoms with E-state index in [0.29, 0.717) is 36.6 Å². The SMILES string of the molecule is CC[C@H](C)[C@H](NC(=O)[C@H](Cc1cnc[nH]1)NC(=O)[C@H](C)NC(=O)[C@H](CCC(N)=O)NC(=O)[C@@H](NC(=O)[C@H](CCCNC(N)N)NC(=O)[C@H](CCSC)NC(=O)[C@H](CC(C)C)NC(=O)[C@H](CO)NC(C)=O)C(C)C)C(=O)N[C@@H](CCCNC(N)N)C(=O)N[C@@H](CCCC[NH3+])C(=O)N[C@@H](CCCNC(N)N)C(=O)N[C@@H](CCSC)C(N)=O. The second-order valence-electron chi connectivity index (χ2n) is 28.9. The van der Waals surface area contributed by atoms with Crippen molar-refractivity contribution < 1.29 is 82.8 Å². The van der Waals surface area contributed by atoms with Gasteiger partial charge in [0.15, 0.2) is 0 Å². The quantitative estimate of drug-likeness (QED) is 0.0213. The van der Waals surface area contributed by atoms with Crippen molar-refractivity contribution in [3.8, 4) is 0 Å². The number of aromatic amines is 1. The maximum atomic E-state index is 14.8. The molecule has 15 amide bonds. The molecular formula is C70H134N27O16S2+. The summed E-state index contributed by atoms with van der Waals surface area (Å²) in [4.78, 5) is 215. The molecule has 14 atom stereocenters. The van der Waals surface area contributed by atoms with Gasteiger partial charge in [-0.1, -0.05) is 48.0 Å². The summed E-state index contributed by atoms with van der Waals surface area (Å²) in [6, 6.07) is -17.9. The van der Waals surface area contributed by atoms with Crippen LogP contribution in [-0.2, 0) is 78.3 Å². The van der Waals surface area contributed by atoms with Crippen LogP contribution in [0.25, 0.3) is 0 Å². The van der Waals surface area contributed by atoms with Gasteiger partial charge in [-0.3, -0.25) is 87.9 Å². The van der Waals surface area contributed by atoms with Crippen LogP contribution in [0.2, 0.25) is 0 Å². The monoisotopic (exact) mass is 1670 g/mol. The van der Waals surface area contributed by atoms with E-state index >= 15 is 0 Å². The molecule has 0 aliphatic heterocycles. The Labute approximate surface area is 681 Å². The van der Waals surface area contributed by atoms with E-state index in [-0.39, 0.29) is 103 Å². The summed E-state index contributed by atoms with van der Waals surface area (Å²) >= 11 is 2.77. The fourth-order valence-corrected chi connectivity index (χ4v) is 12.4. The normalized spacial score (nSPS) is 15.1. The Morgan fingerprint density at radius 2 is 0.826 bits per heavy atom. The third kappa shape index (κ3) is 43.3. The molecule has 0 aliphatic carbocycles. The van der Waals surface area contributed by atoms with E-state index < -0.39 is 217 Å². The van der Waals surface area contributed by atoms with Crippen LogP contribution >= 0.6 is 23.5 Å². The predicted octanol–water partition coefficient (Wildman–Crippen LogP) is -9.58. The van der Waals surface area contributed by atoms with Crippen LogP contribution in [-0.4, -0.2) is 258 Å². The molecule has 43 nitrogen and oxygen atoms in total. The molecule has 1 aromatic heterocycles. The van der Waals surface area contributed by atoms with Crippen molar-refractivity contribution in [1.29, 1.82) is 0 Å². The first-order chi connectivity index (χ1) is 54.2. The van der Waals surface area contributed by atoms with E-state index in [1.54, 1.807) is 47.8 Å². The van der Waals surface area contributed by atoms with E-state index in [9.17, 15) is 77.0 Å². The number of H-pyrrole nitrogens is 1. The van der Waals surface area contributed by atoms with Gasteiger partial charge in [0.05, 0.1) is 19.5 Å². The molecule has 0 fully saturated rings. The molecule has 0 spiro atoms. The molecule has 45 heteroatoms. The first-order valence-corrected chi connectivity index (χ1v) is 41.6. The summed E-state index contributed by atoms with van der Waals surface area (Å²) < 4.78 is 0. The van der Waals surface area contributed by atoms with Crippen LogP contribution < -0.4 is 137 Å². The number of nitrogens with two attached hydrogens (primary N) is 8. The topological polar surface area (TPSA) is 733 Å². The molecule has 0 saturated heterocycles. The number of nitrogens with one attached hydrogen (secondary N) is 17. The highest BCUT2D eigenvalue weighted by Crippen LogP contribution is 2.16. The van der Waals surface area contributed by atoms with E-state index in [2.05, 4.69) is 101 Å². The average molecular weight is 1670 g/mol. The summed E-state index contributed by atoms with van der Waals surface area (Å²) in [6.45, 7) is 12.7. The number of quaternary nitrogens is 1. The van der Waals surface area contributed by atoms with Gasteiger partial charge < -0.3 is 131 Å². The van der Waals surface area contributed by atoms with Crippen LogP contribution in [0.3, 0.4) is 0 Å². The van der Waals surface area contributed by atoms with Crippen LogP contribution in [0.1, 0.15) is 157 Å². The lowest BCUT2D eigenvalue weighted by molar-refractivity contribution is -0.368. The van der Waals surface area contributed by atoms with Crippen molar-refractivity contribution in [3.05, 3.63) is 18.2 Å². The summed E-state index contributed by atoms with van der Waals surface area (Å²) in [6.07, 6.45) is 4.32. The molecule has 1 aromatic rings. The predicted molar refractivity (Wildman–Crippen MR) is 433 cm³/mol. The number of thioether (sulfide) groups is 2. The molecular weight excluding hydrogens is 1540 g/mol. The smallest absolute Gasteiger partial charge is 0.245 e. The van der Waals surface area contributed by atoms with Crippen molar-refractivity contribution in [2.75, 3.05) is 56.8 Å². The van der Waals surface area contributed by atoms with Crippen LogP contribution in [0.5, 0.6) is 0 Å². The van der Waals surface area contributed by atoms with Crippen LogP contribution in [0, 0.1) is 17.8 Å². The highest BCUT2D eigenvalue weighted by Gasteiger charge is 2.39. The second kappa shape index (κ2) is 57.6. The molecule has 0 radical (unpaired) electrons. The lowest BCUT2D eigenvalue weighted by Gasteiger charge is -2.30. The number of carbonyl (C=O) groups is 15. The number of amides is 15. The largest absolute Gasteiger partial charge is 0.394 e. The standard InChI is InChI=1S/C70H133N27O16S2/c1-11-38(6)54(67(113)92-45(19-15-27-82-69(76)77)60(106)88-43(17-12-13-25-71)59(105)89-44(18-14-26-81-68(74)75)58(104)87-42(55(73)101)23-29-114-9)97-64(110)50(32-41-33-80-35-84-41)94-56(102)39(7)85-57(103)47(21-22-52(72)100)93-66(112)53(37(4)5)96-62(108)46(20-16-28-83-70(78)79)90-61(107)48(24-30-115-10)91-63(109)49(31-36(2)3)95-65(111)51(34-98)86-40(8)99/h33,35-39,42-51,53-54,68-70,81-83,98H,11-32,34,71,74-79H2,1-10H3,(H2,72,100)(H2,73,101)(H,80,84)(H,85,103)(H,86,99)(H,87,104)(H,88,106)(H,89,105)(H,90,107)(H,91,109)(H,92,113)(H,93,112)(H,94,102)(H,95,111)(H,96,108)(H,97,110)/p+1/t38-,39-,42-,43-,44-,45-,46-,47-,48-,49-,50-,51-,53-,54-/m0/s1. The minimum atomic E-state index is -1.62. The van der Waals surface area contributed by atoms with Gasteiger partial charge >= 0.3 is 0 Å². The van der Waals surface area contributed by atoms with Gasteiger partial charge in [0, 0.05) is 31.7 Å². The number of aliphatic hydroxyl groups is 1. The minimum Gasteiger partial charge on any atom is -0.394 e. The van der Waals surface area contributed by atoms with E-state index in [1.807, 2.05) is 6.26 Å². The van der Waals surface area contributed by atoms with E-state index in [4.69, 9.17) is 45.9 Å². The molecule has 0 saturated carbocycles. The van der Waals surface area contributed by atoms with Gasteiger partial charge in [0.1, 0.15) is 97.4 Å². The molecule has 115 heavy (non-hydrogen) atoms. The first kappa shape index (κ1) is 105. The molecule has 0 unspecified atom stereocenters. The molecule has 0 aromatic carbocycles. The molecule has 1 heterocycles. The Morgan fingerprint density at radius 3 is 1.23 bits per heavy atom. The number of rotatable bonds is 62. The zero-order chi connectivity index (χ0) is 87.0. The van der Waals surface area contributed by atoms with Crippen LogP contribution in [0.15, 0.2) is 12.5 Å². The van der Waals surface area contributed by atoms with Gasteiger partial charge in [-0.15, -0.1) is 0 Å². The number of carbonyl (C=O) groups excluding carboxylic acids is 15. The fraction of sp³-hybridized carbons (Fsp3) is 0.743. The van der Waals surface area contributed by atoms with Gasteiger partial charge in [-0.05, 0) is 152 Å². The number of primary amides is 2. The maximum Gasteiger partial charge on any atom is 0.245 e. The van der Waals surface area contributed by atoms with Crippen molar-refractivity contribution >= 4 is 112 Å². The average Bonchev–Trinajstić information content (AvgIpc) is 1.63. The number of aliphatic hydroxyl groups excluding tert-OH is 1. The summed E-state index contributed by atoms with van der Waals surface area (Å²) in [5, 5.41) is 52.4. The Bertz CT molecular complexity index is 3200. The zero-order valence-electron chi connectivity index (χ0n) is 68.0. The number of nitrogens with zero attached hydrogens (tertiary/aromatic N) is 1. The van der Waals surface area contributed by atoms with Gasteiger partial charge in [0.25, 0.3) is 0 Å². The third-order valence-corrected chi connectivity index (χ3v) is 19.4. The number of unbranched alkanes of at least 4 members (excludes halogenated alkanes) is 1. The number of imidazole rings is 1. The Morgan fingerprint density at radius 1 is 0.452 bits per heavy atom. The second-order valence-corrected chi connectivity index (χ2v) is 30.9. The fourth-order valence-electron chi connectivity index (χ4n) is 11.5. The van der Waals surface area contributed by atoms with Gasteiger partial charge in [-0.25, -0.2) is 4.98 Å². The Balaban J connectivity index is 3.74. The molecule has 37 N–H and O–H groups in total. The highest BCUT2D eigenvalue weighted by molar-refractivity contribution is 7.98. The third-order valence-electron chi connectivity index (χ3n) is 18.1. The van der Waals surface area contributed by atoms with Crippen molar-refractivity contribution in [3.63, 3.8) is 0 Å². The lowest BCUT2D eigenvalue weighted by atomic mass is 9.96. The number of hydrogen-bond donors (Lipinski definition) is 27. The highest BCUT2D eigenvalue weighted by atomic mass is 32.2. The Kier molecular flexibility index (Phi) is 52.3. The first-order valence-electron chi connectivity index (χ1n) is 38.8. The minimum absolute atomic E-state index is 0.0286. The molecule has 1 rings (SSSR count). The van der Waals surface area contributed by atoms with Crippen molar-refractivity contribution in [2.45, 2.75) is 256 Å². The molecule has 656 valence electrons. The molecule has 0 aliphatic rings. The zero-order valence-corrected chi connectivity index (χ0v) is 69.7. The number of aromatic nitrogens is 2. The summed E-state index contributed by atoms with van der Waals surface area (Å²) in [5.74, 6) is -13.5.